The second-order valence-corrected chi connectivity index (χ2v) is 9.41. The first-order valence-electron chi connectivity index (χ1n) is 10.5. The molecule has 0 aromatic carbocycles. The molecule has 1 saturated carbocycles. The van der Waals surface area contributed by atoms with Crippen molar-refractivity contribution in [3.8, 4) is 0 Å². The lowest BCUT2D eigenvalue weighted by Crippen LogP contribution is -2.50. The van der Waals surface area contributed by atoms with Crippen LogP contribution in [0, 0.1) is 24.7 Å². The van der Waals surface area contributed by atoms with E-state index in [0.717, 1.165) is 34.3 Å². The molecule has 0 amide bonds. The SMILES string of the molecule is CC(C)C.Cc1c(CN2CC[C@@H](F)C2)n(C(C)C)c2c(c1=O)=CC1CC1C=2. The highest BCUT2D eigenvalue weighted by Crippen LogP contribution is 2.41. The molecule has 3 atom stereocenters. The average Bonchev–Trinajstić information content (AvgIpc) is 3.22. The van der Waals surface area contributed by atoms with Gasteiger partial charge in [0.15, 0.2) is 5.43 Å². The van der Waals surface area contributed by atoms with Gasteiger partial charge in [0.05, 0.1) is 0 Å². The molecular weight excluding hydrogens is 339 g/mol. The smallest absolute Gasteiger partial charge is 0.192 e. The van der Waals surface area contributed by atoms with Gasteiger partial charge in [-0.25, -0.2) is 4.39 Å². The van der Waals surface area contributed by atoms with Crippen LogP contribution in [0.15, 0.2) is 4.79 Å². The fraction of sp³-hybridized carbons (Fsp3) is 0.696. The summed E-state index contributed by atoms with van der Waals surface area (Å²) in [6.07, 6.45) is 5.55. The minimum atomic E-state index is -0.723. The molecule has 0 radical (unpaired) electrons. The summed E-state index contributed by atoms with van der Waals surface area (Å²) in [4.78, 5) is 15.0. The van der Waals surface area contributed by atoms with Gasteiger partial charge in [0.2, 0.25) is 0 Å². The van der Waals surface area contributed by atoms with E-state index in [9.17, 15) is 9.18 Å². The van der Waals surface area contributed by atoms with Crippen LogP contribution in [-0.2, 0) is 6.54 Å². The maximum atomic E-state index is 13.5. The Hall–Kier alpha value is -1.42. The molecule has 2 unspecified atom stereocenters. The Kier molecular flexibility index (Phi) is 5.95. The molecule has 2 fully saturated rings. The van der Waals surface area contributed by atoms with Crippen LogP contribution in [0.25, 0.3) is 12.2 Å². The predicted molar refractivity (Wildman–Crippen MR) is 111 cm³/mol. The quantitative estimate of drug-likeness (QED) is 0.812. The van der Waals surface area contributed by atoms with E-state index in [1.165, 1.54) is 6.42 Å². The van der Waals surface area contributed by atoms with Crippen molar-refractivity contribution in [1.29, 1.82) is 0 Å². The number of hydrogen-bond donors (Lipinski definition) is 0. The largest absolute Gasteiger partial charge is 0.341 e. The van der Waals surface area contributed by atoms with E-state index < -0.39 is 6.17 Å². The molecule has 150 valence electrons. The minimum absolute atomic E-state index is 0.171. The van der Waals surface area contributed by atoms with E-state index in [4.69, 9.17) is 0 Å². The van der Waals surface area contributed by atoms with E-state index in [1.807, 2.05) is 6.92 Å². The second-order valence-electron chi connectivity index (χ2n) is 9.41. The van der Waals surface area contributed by atoms with Gasteiger partial charge in [-0.05, 0) is 51.4 Å². The number of aromatic nitrogens is 1. The van der Waals surface area contributed by atoms with Crippen molar-refractivity contribution in [2.45, 2.75) is 73.1 Å². The van der Waals surface area contributed by atoms with Crippen molar-refractivity contribution in [1.82, 2.24) is 9.47 Å². The molecule has 1 aromatic rings. The predicted octanol–water partition coefficient (Wildman–Crippen LogP) is 3.15. The van der Waals surface area contributed by atoms with Gasteiger partial charge >= 0.3 is 0 Å². The first-order valence-corrected chi connectivity index (χ1v) is 10.5. The maximum Gasteiger partial charge on any atom is 0.192 e. The van der Waals surface area contributed by atoms with Gasteiger partial charge in [-0.1, -0.05) is 32.9 Å². The summed E-state index contributed by atoms with van der Waals surface area (Å²) in [5.74, 6) is 2.02. The van der Waals surface area contributed by atoms with Gasteiger partial charge in [-0.15, -0.1) is 0 Å². The topological polar surface area (TPSA) is 25.2 Å². The van der Waals surface area contributed by atoms with Crippen molar-refractivity contribution in [2.75, 3.05) is 13.1 Å². The molecule has 0 bridgehead atoms. The summed E-state index contributed by atoms with van der Waals surface area (Å²) in [6.45, 7) is 14.7. The number of hydrogen-bond acceptors (Lipinski definition) is 2. The van der Waals surface area contributed by atoms with Crippen LogP contribution in [0.4, 0.5) is 4.39 Å². The zero-order valence-electron chi connectivity index (χ0n) is 17.8. The summed E-state index contributed by atoms with van der Waals surface area (Å²) in [5, 5.41) is 1.99. The number of likely N-dealkylation sites (tertiary alicyclic amines) is 1. The van der Waals surface area contributed by atoms with E-state index in [-0.39, 0.29) is 5.43 Å². The van der Waals surface area contributed by atoms with E-state index >= 15 is 0 Å². The molecule has 0 N–H and O–H groups in total. The van der Waals surface area contributed by atoms with E-state index in [2.05, 4.69) is 56.2 Å². The number of nitrogens with zero attached hydrogens (tertiary/aromatic N) is 2. The summed E-state index contributed by atoms with van der Waals surface area (Å²) in [7, 11) is 0. The summed E-state index contributed by atoms with van der Waals surface area (Å²) < 4.78 is 15.8. The Bertz CT molecular complexity index is 865. The summed E-state index contributed by atoms with van der Waals surface area (Å²) in [5.41, 5.74) is 2.08. The lowest BCUT2D eigenvalue weighted by atomic mass is 10.1. The van der Waals surface area contributed by atoms with Crippen LogP contribution in [0.5, 0.6) is 0 Å². The molecule has 3 aliphatic rings. The first-order chi connectivity index (χ1) is 12.7. The van der Waals surface area contributed by atoms with Gasteiger partial charge in [0.25, 0.3) is 0 Å². The van der Waals surface area contributed by atoms with Gasteiger partial charge in [0.1, 0.15) is 6.17 Å². The zero-order valence-corrected chi connectivity index (χ0v) is 17.8. The Balaban J connectivity index is 0.000000481. The number of rotatable bonds is 3. The summed E-state index contributed by atoms with van der Waals surface area (Å²) in [6, 6.07) is 0.293. The minimum Gasteiger partial charge on any atom is -0.341 e. The van der Waals surface area contributed by atoms with E-state index in [1.54, 1.807) is 0 Å². The Morgan fingerprint density at radius 3 is 2.33 bits per heavy atom. The van der Waals surface area contributed by atoms with Crippen LogP contribution < -0.4 is 16.0 Å². The van der Waals surface area contributed by atoms with Crippen molar-refractivity contribution in [3.05, 3.63) is 32.0 Å². The standard InChI is InChI=1S/C19H25FN2O.C4H10/c1-11(2)22-17-8-14-6-13(14)7-16(17)19(23)12(3)18(22)10-21-5-4-15(20)9-21;1-4(2)3/h7-8,11,13-15H,4-6,9-10H2,1-3H3;4H,1-3H3/t13?,14?,15-;/m1./s1. The molecule has 1 aliphatic heterocycles. The summed E-state index contributed by atoms with van der Waals surface area (Å²) >= 11 is 0. The molecule has 2 heterocycles. The third-order valence-corrected chi connectivity index (χ3v) is 5.59. The van der Waals surface area contributed by atoms with Crippen molar-refractivity contribution in [2.24, 2.45) is 17.8 Å². The molecule has 4 rings (SSSR count). The fourth-order valence-corrected chi connectivity index (χ4v) is 4.20. The molecule has 1 saturated heterocycles. The van der Waals surface area contributed by atoms with Crippen LogP contribution in [0.1, 0.15) is 64.8 Å². The third kappa shape index (κ3) is 4.37. The Labute approximate surface area is 162 Å². The molecule has 3 nitrogen and oxygen atoms in total. The van der Waals surface area contributed by atoms with E-state index in [0.29, 0.717) is 37.4 Å². The van der Waals surface area contributed by atoms with Gasteiger partial charge in [-0.3, -0.25) is 9.69 Å². The van der Waals surface area contributed by atoms with Crippen molar-refractivity contribution >= 4 is 12.2 Å². The van der Waals surface area contributed by atoms with Crippen molar-refractivity contribution in [3.63, 3.8) is 0 Å². The Morgan fingerprint density at radius 2 is 1.78 bits per heavy atom. The zero-order chi connectivity index (χ0) is 19.9. The van der Waals surface area contributed by atoms with Gasteiger partial charge < -0.3 is 4.57 Å². The molecule has 2 aliphatic carbocycles. The van der Waals surface area contributed by atoms with Crippen LogP contribution in [0.3, 0.4) is 0 Å². The van der Waals surface area contributed by atoms with Crippen molar-refractivity contribution < 1.29 is 4.39 Å². The van der Waals surface area contributed by atoms with Gasteiger partial charge in [-0.2, -0.15) is 0 Å². The van der Waals surface area contributed by atoms with Crippen LogP contribution in [-0.4, -0.2) is 28.7 Å². The number of pyridine rings is 1. The lowest BCUT2D eigenvalue weighted by molar-refractivity contribution is 0.273. The first kappa shape index (κ1) is 20.3. The van der Waals surface area contributed by atoms with Crippen LogP contribution >= 0.6 is 0 Å². The molecule has 27 heavy (non-hydrogen) atoms. The highest BCUT2D eigenvalue weighted by molar-refractivity contribution is 5.49. The Morgan fingerprint density at radius 1 is 1.15 bits per heavy atom. The average molecular weight is 375 g/mol. The molecular formula is C23H35FN2O. The number of fused-ring (bicyclic) bond motifs is 2. The normalized spacial score (nSPS) is 26.0. The molecule has 1 aromatic heterocycles. The highest BCUT2D eigenvalue weighted by Gasteiger charge is 2.36. The molecule has 0 spiro atoms. The lowest BCUT2D eigenvalue weighted by Gasteiger charge is -2.25. The maximum absolute atomic E-state index is 13.5. The highest BCUT2D eigenvalue weighted by atomic mass is 19.1. The third-order valence-electron chi connectivity index (χ3n) is 5.59. The second kappa shape index (κ2) is 7.90. The number of alkyl halides is 1. The monoisotopic (exact) mass is 374 g/mol. The number of halogens is 1. The fourth-order valence-electron chi connectivity index (χ4n) is 4.20. The molecule has 4 heteroatoms. The van der Waals surface area contributed by atoms with Crippen LogP contribution in [0.2, 0.25) is 0 Å². The van der Waals surface area contributed by atoms with Gasteiger partial charge in [0, 0.05) is 47.5 Å².